The van der Waals surface area contributed by atoms with Crippen molar-refractivity contribution in [2.75, 3.05) is 6.61 Å². The Bertz CT molecular complexity index is 884. The fraction of sp³-hybridized carbons (Fsp3) is 0.552. The van der Waals surface area contributed by atoms with E-state index in [1.165, 1.54) is 11.6 Å². The molecular weight excluding hydrogens is 460 g/mol. The number of hydrogen-bond acceptors (Lipinski definition) is 7. The third-order valence-electron chi connectivity index (χ3n) is 6.46. The minimum Gasteiger partial charge on any atom is -0.456 e. The number of fused-ring (bicyclic) bond motifs is 2. The van der Waals surface area contributed by atoms with Crippen molar-refractivity contribution >= 4 is 5.97 Å². The molecule has 7 heteroatoms. The van der Waals surface area contributed by atoms with Gasteiger partial charge in [0.2, 0.25) is 0 Å². The standard InChI is InChI=1S/C29H40O7/c1-20-14-15-34-25(18-20)12-13-27(32)28-10-3-6-22(30)16-21(2)17-23(31)19-26-9-4-7-24(35-26)8-5-11-29(33)36-28/h3-7,11-14,22-28,30-32H,2,8-10,15-19H2,1H3/b6-3+,11-5-,13-12+/t22-,23+,24+,25-,26+,27+,28+/m1/s1. The van der Waals surface area contributed by atoms with E-state index in [4.69, 9.17) is 14.2 Å². The minimum atomic E-state index is -1.04. The van der Waals surface area contributed by atoms with Gasteiger partial charge in [-0.05, 0) is 39.0 Å². The number of ether oxygens (including phenoxy) is 3. The average Bonchev–Trinajstić information content (AvgIpc) is 2.81. The molecule has 3 aliphatic heterocycles. The maximum atomic E-state index is 12.5. The number of cyclic esters (lactones) is 1. The van der Waals surface area contributed by atoms with Gasteiger partial charge >= 0.3 is 5.97 Å². The van der Waals surface area contributed by atoms with Gasteiger partial charge in [0.1, 0.15) is 12.2 Å². The highest BCUT2D eigenvalue weighted by atomic mass is 16.6. The predicted octanol–water partition coefficient (Wildman–Crippen LogP) is 3.62. The van der Waals surface area contributed by atoms with E-state index in [-0.39, 0.29) is 24.7 Å². The van der Waals surface area contributed by atoms with Crippen molar-refractivity contribution in [3.8, 4) is 0 Å². The van der Waals surface area contributed by atoms with E-state index in [1.807, 2.05) is 25.2 Å². The first-order chi connectivity index (χ1) is 17.3. The first-order valence-corrected chi connectivity index (χ1v) is 12.8. The van der Waals surface area contributed by atoms with Crippen molar-refractivity contribution in [2.45, 2.75) is 94.6 Å². The van der Waals surface area contributed by atoms with Gasteiger partial charge in [0.05, 0.1) is 37.1 Å². The van der Waals surface area contributed by atoms with E-state index in [9.17, 15) is 20.1 Å². The van der Waals surface area contributed by atoms with Gasteiger partial charge in [-0.2, -0.15) is 0 Å². The summed E-state index contributed by atoms with van der Waals surface area (Å²) in [6, 6.07) is 0. The van der Waals surface area contributed by atoms with Crippen molar-refractivity contribution in [3.05, 3.63) is 72.4 Å². The van der Waals surface area contributed by atoms with Crippen molar-refractivity contribution < 1.29 is 34.3 Å². The average molecular weight is 501 g/mol. The van der Waals surface area contributed by atoms with Crippen molar-refractivity contribution in [2.24, 2.45) is 0 Å². The molecule has 7 atom stereocenters. The van der Waals surface area contributed by atoms with Crippen LogP contribution in [0.4, 0.5) is 0 Å². The molecule has 0 saturated heterocycles. The molecule has 198 valence electrons. The van der Waals surface area contributed by atoms with Crippen LogP contribution < -0.4 is 0 Å². The highest BCUT2D eigenvalue weighted by molar-refractivity contribution is 5.82. The van der Waals surface area contributed by atoms with E-state index >= 15 is 0 Å². The molecular formula is C29H40O7. The van der Waals surface area contributed by atoms with Crippen LogP contribution in [0.1, 0.15) is 51.9 Å². The second-order valence-electron chi connectivity index (χ2n) is 9.85. The fourth-order valence-electron chi connectivity index (χ4n) is 4.56. The summed E-state index contributed by atoms with van der Waals surface area (Å²) in [5.74, 6) is -0.560. The normalized spacial score (nSPS) is 35.8. The number of carbonyl (C=O) groups is 1. The minimum absolute atomic E-state index is 0.120. The van der Waals surface area contributed by atoms with Crippen LogP contribution >= 0.6 is 0 Å². The molecule has 0 spiro atoms. The molecule has 0 amide bonds. The van der Waals surface area contributed by atoms with Crippen molar-refractivity contribution in [1.29, 1.82) is 0 Å². The Morgan fingerprint density at radius 2 is 1.89 bits per heavy atom. The zero-order valence-electron chi connectivity index (χ0n) is 21.1. The predicted molar refractivity (Wildman–Crippen MR) is 138 cm³/mol. The quantitative estimate of drug-likeness (QED) is 0.402. The van der Waals surface area contributed by atoms with E-state index in [2.05, 4.69) is 6.58 Å². The lowest BCUT2D eigenvalue weighted by atomic mass is 9.97. The zero-order valence-corrected chi connectivity index (χ0v) is 21.1. The van der Waals surface area contributed by atoms with Crippen LogP contribution in [0.15, 0.2) is 72.4 Å². The van der Waals surface area contributed by atoms with E-state index in [0.717, 1.165) is 12.0 Å². The number of esters is 1. The van der Waals surface area contributed by atoms with Gasteiger partial charge in [0.15, 0.2) is 0 Å². The topological polar surface area (TPSA) is 105 Å². The highest BCUT2D eigenvalue weighted by Crippen LogP contribution is 2.23. The first-order valence-electron chi connectivity index (χ1n) is 12.8. The van der Waals surface area contributed by atoms with Gasteiger partial charge in [-0.25, -0.2) is 4.79 Å². The number of aliphatic hydroxyl groups is 3. The summed E-state index contributed by atoms with van der Waals surface area (Å²) in [4.78, 5) is 12.5. The molecule has 3 aliphatic rings. The van der Waals surface area contributed by atoms with Crippen molar-refractivity contribution in [3.63, 3.8) is 0 Å². The Morgan fingerprint density at radius 3 is 2.69 bits per heavy atom. The van der Waals surface area contributed by atoms with Gasteiger partial charge < -0.3 is 29.5 Å². The number of aliphatic hydroxyl groups excluding tert-OH is 3. The van der Waals surface area contributed by atoms with Crippen LogP contribution in [0, 0.1) is 0 Å². The van der Waals surface area contributed by atoms with Crippen LogP contribution in [0.3, 0.4) is 0 Å². The molecule has 0 aromatic heterocycles. The molecule has 3 N–H and O–H groups in total. The second-order valence-corrected chi connectivity index (χ2v) is 9.85. The van der Waals surface area contributed by atoms with Gasteiger partial charge in [0.25, 0.3) is 0 Å². The molecule has 0 radical (unpaired) electrons. The lowest BCUT2D eigenvalue weighted by molar-refractivity contribution is -0.147. The Morgan fingerprint density at radius 1 is 1.08 bits per heavy atom. The van der Waals surface area contributed by atoms with Crippen molar-refractivity contribution in [1.82, 2.24) is 0 Å². The third kappa shape index (κ3) is 9.99. The largest absolute Gasteiger partial charge is 0.456 e. The van der Waals surface area contributed by atoms with E-state index in [0.29, 0.717) is 38.7 Å². The third-order valence-corrected chi connectivity index (χ3v) is 6.46. The summed E-state index contributed by atoms with van der Waals surface area (Å²) < 4.78 is 17.3. The summed E-state index contributed by atoms with van der Waals surface area (Å²) in [6.45, 7) is 6.57. The maximum Gasteiger partial charge on any atom is 0.330 e. The van der Waals surface area contributed by atoms with Crippen LogP contribution in [-0.2, 0) is 19.0 Å². The van der Waals surface area contributed by atoms with Gasteiger partial charge in [-0.1, -0.05) is 66.3 Å². The molecule has 0 fully saturated rings. The number of rotatable bonds is 3. The molecule has 3 rings (SSSR count). The SMILES string of the molecule is C=C1C[C@H](O)C[C@@H]2CC=C[C@@H](C/C=C\C(=O)O[C@H]([C@@H](O)/C=C/[C@@H]3CC(C)=CCO3)C/C=C/[C@@H](O)C1)O2. The molecule has 0 aromatic rings. The van der Waals surface area contributed by atoms with Gasteiger partial charge in [0, 0.05) is 18.9 Å². The van der Waals surface area contributed by atoms with Gasteiger partial charge in [-0.15, -0.1) is 0 Å². The number of carbonyl (C=O) groups excluding carboxylic acids is 1. The van der Waals surface area contributed by atoms with Crippen LogP contribution in [-0.4, -0.2) is 70.6 Å². The Hall–Kier alpha value is -2.29. The lowest BCUT2D eigenvalue weighted by Gasteiger charge is -2.27. The van der Waals surface area contributed by atoms with E-state index in [1.54, 1.807) is 30.4 Å². The van der Waals surface area contributed by atoms with Crippen LogP contribution in [0.2, 0.25) is 0 Å². The Balaban J connectivity index is 1.70. The molecule has 0 saturated carbocycles. The maximum absolute atomic E-state index is 12.5. The van der Waals surface area contributed by atoms with Crippen LogP contribution in [0.5, 0.6) is 0 Å². The molecule has 7 nitrogen and oxygen atoms in total. The second kappa shape index (κ2) is 14.4. The number of hydrogen-bond donors (Lipinski definition) is 3. The summed E-state index contributed by atoms with van der Waals surface area (Å²) in [5.41, 5.74) is 1.97. The molecule has 36 heavy (non-hydrogen) atoms. The zero-order chi connectivity index (χ0) is 25.9. The highest BCUT2D eigenvalue weighted by Gasteiger charge is 2.23. The Labute approximate surface area is 214 Å². The monoisotopic (exact) mass is 500 g/mol. The smallest absolute Gasteiger partial charge is 0.330 e. The molecule has 0 aromatic carbocycles. The summed E-state index contributed by atoms with van der Waals surface area (Å²) in [5, 5.41) is 31.6. The fourth-order valence-corrected chi connectivity index (χ4v) is 4.56. The summed E-state index contributed by atoms with van der Waals surface area (Å²) >= 11 is 0. The summed E-state index contributed by atoms with van der Waals surface area (Å²) in [6.07, 6.45) is 15.4. The Kier molecular flexibility index (Phi) is 11.4. The molecule has 3 heterocycles. The van der Waals surface area contributed by atoms with E-state index < -0.39 is 30.4 Å². The lowest BCUT2D eigenvalue weighted by Crippen LogP contribution is -2.30. The molecule has 2 bridgehead atoms. The van der Waals surface area contributed by atoms with Gasteiger partial charge in [-0.3, -0.25) is 0 Å². The summed E-state index contributed by atoms with van der Waals surface area (Å²) in [7, 11) is 0. The molecule has 0 unspecified atom stereocenters. The first kappa shape index (κ1) is 28.3. The van der Waals surface area contributed by atoms with Crippen LogP contribution in [0.25, 0.3) is 0 Å². The molecule has 0 aliphatic carbocycles.